The number of halogens is 1. The van der Waals surface area contributed by atoms with Crippen molar-refractivity contribution in [3.8, 4) is 0 Å². The van der Waals surface area contributed by atoms with E-state index in [0.717, 1.165) is 16.3 Å². The zero-order chi connectivity index (χ0) is 14.4. The Labute approximate surface area is 134 Å². The van der Waals surface area contributed by atoms with Gasteiger partial charge in [0.25, 0.3) is 0 Å². The third-order valence-electron chi connectivity index (χ3n) is 2.71. The second-order valence-corrected chi connectivity index (χ2v) is 6.46. The van der Waals surface area contributed by atoms with E-state index in [9.17, 15) is 0 Å². The zero-order valence-electron chi connectivity index (χ0n) is 11.1. The minimum absolute atomic E-state index is 0.483. The fourth-order valence-corrected chi connectivity index (χ4v) is 2.68. The maximum absolute atomic E-state index is 5.83. The number of benzene rings is 2. The highest BCUT2D eigenvalue weighted by Crippen LogP contribution is 2.17. The Kier molecular flexibility index (Phi) is 5.89. The van der Waals surface area contributed by atoms with E-state index in [1.807, 2.05) is 24.3 Å². The Bertz CT molecular complexity index is 581. The molecule has 0 bridgehead atoms. The van der Waals surface area contributed by atoms with E-state index in [4.69, 9.17) is 28.6 Å². The van der Waals surface area contributed by atoms with Crippen LogP contribution in [0.2, 0.25) is 5.02 Å². The molecule has 0 aromatic heterocycles. The number of hydrogen-bond donors (Lipinski definition) is 0. The number of thiocarbonyl (C=S) groups is 1. The highest BCUT2D eigenvalue weighted by Gasteiger charge is 2.02. The summed E-state index contributed by atoms with van der Waals surface area (Å²) in [5.41, 5.74) is 3.58. The predicted molar refractivity (Wildman–Crippen MR) is 91.3 cm³/mol. The molecular weight excluding hydrogens is 308 g/mol. The van der Waals surface area contributed by atoms with Gasteiger partial charge in [0.1, 0.15) is 6.61 Å². The lowest BCUT2D eigenvalue weighted by molar-refractivity contribution is 0.310. The molecule has 20 heavy (non-hydrogen) atoms. The molecule has 0 amide bonds. The molecule has 0 aliphatic rings. The van der Waals surface area contributed by atoms with Crippen molar-refractivity contribution in [2.75, 3.05) is 0 Å². The van der Waals surface area contributed by atoms with Gasteiger partial charge in [-0.2, -0.15) is 0 Å². The summed E-state index contributed by atoms with van der Waals surface area (Å²) >= 11 is 12.6. The highest BCUT2D eigenvalue weighted by molar-refractivity contribution is 8.22. The molecule has 1 nitrogen and oxygen atoms in total. The summed E-state index contributed by atoms with van der Waals surface area (Å²) in [7, 11) is 0. The van der Waals surface area contributed by atoms with Crippen LogP contribution in [0.1, 0.15) is 16.7 Å². The summed E-state index contributed by atoms with van der Waals surface area (Å²) in [5.74, 6) is 0.834. The van der Waals surface area contributed by atoms with Crippen molar-refractivity contribution in [3.63, 3.8) is 0 Å². The molecule has 0 aliphatic carbocycles. The zero-order valence-corrected chi connectivity index (χ0v) is 13.5. The quantitative estimate of drug-likeness (QED) is 0.699. The van der Waals surface area contributed by atoms with E-state index in [1.165, 1.54) is 11.1 Å². The van der Waals surface area contributed by atoms with Gasteiger partial charge < -0.3 is 4.74 Å². The van der Waals surface area contributed by atoms with Crippen molar-refractivity contribution in [3.05, 3.63) is 70.2 Å². The summed E-state index contributed by atoms with van der Waals surface area (Å²) in [4.78, 5) is 0. The van der Waals surface area contributed by atoms with Gasteiger partial charge >= 0.3 is 0 Å². The number of thioether (sulfide) groups is 1. The number of ether oxygens (including phenoxy) is 1. The van der Waals surface area contributed by atoms with Crippen LogP contribution in [0.15, 0.2) is 48.5 Å². The summed E-state index contributed by atoms with van der Waals surface area (Å²) in [6.45, 7) is 2.57. The molecule has 104 valence electrons. The number of hydrogen-bond acceptors (Lipinski definition) is 3. The van der Waals surface area contributed by atoms with Crippen molar-refractivity contribution >= 4 is 40.0 Å². The standard InChI is InChI=1S/C16H15ClOS2/c1-12-3-2-4-14(9-12)11-20-16(19)18-10-13-5-7-15(17)8-6-13/h2-9H,10-11H2,1H3. The Morgan fingerprint density at radius 2 is 1.90 bits per heavy atom. The first kappa shape index (κ1) is 15.4. The lowest BCUT2D eigenvalue weighted by atomic mass is 10.2. The maximum atomic E-state index is 5.83. The molecule has 0 saturated heterocycles. The van der Waals surface area contributed by atoms with Gasteiger partial charge in [-0.15, -0.1) is 0 Å². The summed E-state index contributed by atoms with van der Waals surface area (Å²) < 4.78 is 6.14. The minimum Gasteiger partial charge on any atom is -0.474 e. The van der Waals surface area contributed by atoms with Gasteiger partial charge in [-0.25, -0.2) is 0 Å². The third kappa shape index (κ3) is 5.16. The maximum Gasteiger partial charge on any atom is 0.220 e. The van der Waals surface area contributed by atoms with Crippen LogP contribution in [0, 0.1) is 6.92 Å². The second kappa shape index (κ2) is 7.67. The van der Waals surface area contributed by atoms with Gasteiger partial charge in [0.15, 0.2) is 0 Å². The van der Waals surface area contributed by atoms with E-state index in [2.05, 4.69) is 31.2 Å². The first-order chi connectivity index (χ1) is 9.63. The van der Waals surface area contributed by atoms with Crippen molar-refractivity contribution in [2.45, 2.75) is 19.3 Å². The van der Waals surface area contributed by atoms with Crippen molar-refractivity contribution in [1.29, 1.82) is 0 Å². The van der Waals surface area contributed by atoms with Crippen molar-refractivity contribution in [1.82, 2.24) is 0 Å². The first-order valence-corrected chi connectivity index (χ1v) is 8.00. The molecule has 2 aromatic rings. The number of aryl methyl sites for hydroxylation is 1. The van der Waals surface area contributed by atoms with Crippen LogP contribution in [0.25, 0.3) is 0 Å². The van der Waals surface area contributed by atoms with Gasteiger partial charge in [0.2, 0.25) is 4.38 Å². The van der Waals surface area contributed by atoms with Crippen molar-refractivity contribution in [2.24, 2.45) is 0 Å². The molecule has 4 heteroatoms. The van der Waals surface area contributed by atoms with Crippen LogP contribution >= 0.6 is 35.6 Å². The van der Waals surface area contributed by atoms with Gasteiger partial charge in [-0.3, -0.25) is 0 Å². The predicted octanol–water partition coefficient (Wildman–Crippen LogP) is 5.38. The molecule has 0 fully saturated rings. The molecule has 0 saturated carbocycles. The van der Waals surface area contributed by atoms with E-state index >= 15 is 0 Å². The van der Waals surface area contributed by atoms with E-state index in [0.29, 0.717) is 11.0 Å². The summed E-state index contributed by atoms with van der Waals surface area (Å²) in [5, 5.41) is 0.727. The normalized spacial score (nSPS) is 10.3. The fourth-order valence-electron chi connectivity index (χ4n) is 1.71. The molecule has 0 heterocycles. The van der Waals surface area contributed by atoms with Crippen LogP contribution < -0.4 is 0 Å². The minimum atomic E-state index is 0.483. The molecule has 2 rings (SSSR count). The average molecular weight is 323 g/mol. The molecule has 0 unspecified atom stereocenters. The molecule has 2 aromatic carbocycles. The van der Waals surface area contributed by atoms with Crippen LogP contribution in [-0.2, 0) is 17.1 Å². The lowest BCUT2D eigenvalue weighted by Crippen LogP contribution is -1.98. The van der Waals surface area contributed by atoms with Crippen molar-refractivity contribution < 1.29 is 4.74 Å². The number of rotatable bonds is 4. The Morgan fingerprint density at radius 1 is 1.15 bits per heavy atom. The summed E-state index contributed by atoms with van der Waals surface area (Å²) in [6.07, 6.45) is 0. The van der Waals surface area contributed by atoms with Gasteiger partial charge in [0.05, 0.1) is 0 Å². The SMILES string of the molecule is Cc1cccc(CSC(=S)OCc2ccc(Cl)cc2)c1. The Balaban J connectivity index is 1.77. The third-order valence-corrected chi connectivity index (χ3v) is 4.26. The van der Waals surface area contributed by atoms with Crippen LogP contribution in [0.5, 0.6) is 0 Å². The van der Waals surface area contributed by atoms with Gasteiger partial charge in [-0.1, -0.05) is 65.3 Å². The molecule has 0 radical (unpaired) electrons. The average Bonchev–Trinajstić information content (AvgIpc) is 2.45. The summed E-state index contributed by atoms with van der Waals surface area (Å²) in [6, 6.07) is 16.0. The van der Waals surface area contributed by atoms with Crippen LogP contribution in [-0.4, -0.2) is 4.38 Å². The van der Waals surface area contributed by atoms with E-state index in [1.54, 1.807) is 11.8 Å². The van der Waals surface area contributed by atoms with Crippen LogP contribution in [0.3, 0.4) is 0 Å². The topological polar surface area (TPSA) is 9.23 Å². The molecule has 0 spiro atoms. The second-order valence-electron chi connectivity index (χ2n) is 4.44. The highest BCUT2D eigenvalue weighted by atomic mass is 35.5. The monoisotopic (exact) mass is 322 g/mol. The smallest absolute Gasteiger partial charge is 0.220 e. The fraction of sp³-hybridized carbons (Fsp3) is 0.188. The molecule has 0 N–H and O–H groups in total. The molecule has 0 atom stereocenters. The Morgan fingerprint density at radius 3 is 2.60 bits per heavy atom. The van der Waals surface area contributed by atoms with Gasteiger partial charge in [-0.05, 0) is 42.4 Å². The molecule has 0 aliphatic heterocycles. The van der Waals surface area contributed by atoms with Gasteiger partial charge in [0, 0.05) is 10.8 Å². The first-order valence-electron chi connectivity index (χ1n) is 6.23. The van der Waals surface area contributed by atoms with E-state index in [-0.39, 0.29) is 0 Å². The van der Waals surface area contributed by atoms with Crippen LogP contribution in [0.4, 0.5) is 0 Å². The Hall–Kier alpha value is -1.03. The van der Waals surface area contributed by atoms with E-state index < -0.39 is 0 Å². The molecular formula is C16H15ClOS2. The largest absolute Gasteiger partial charge is 0.474 e. The lowest BCUT2D eigenvalue weighted by Gasteiger charge is -2.07.